The maximum atomic E-state index is 4.02. The zero-order chi connectivity index (χ0) is 14.9. The Morgan fingerprint density at radius 3 is 2.86 bits per heavy atom. The predicted octanol–water partition coefficient (Wildman–Crippen LogP) is 2.95. The van der Waals surface area contributed by atoms with E-state index in [4.69, 9.17) is 0 Å². The van der Waals surface area contributed by atoms with Gasteiger partial charge in [-0.2, -0.15) is 0 Å². The van der Waals surface area contributed by atoms with E-state index in [-0.39, 0.29) is 0 Å². The van der Waals surface area contributed by atoms with Gasteiger partial charge >= 0.3 is 0 Å². The van der Waals surface area contributed by atoms with Crippen molar-refractivity contribution in [2.75, 3.05) is 13.6 Å². The Bertz CT molecular complexity index is 881. The van der Waals surface area contributed by atoms with E-state index in [2.05, 4.69) is 52.0 Å². The van der Waals surface area contributed by atoms with Gasteiger partial charge in [0.2, 0.25) is 0 Å². The SMILES string of the molecule is CN1CCc2[nH]c3c(C#Cc4ccncc4)cccc3c2C1. The van der Waals surface area contributed by atoms with Crippen LogP contribution < -0.4 is 0 Å². The minimum atomic E-state index is 0.989. The zero-order valence-corrected chi connectivity index (χ0v) is 12.6. The summed E-state index contributed by atoms with van der Waals surface area (Å²) in [5.74, 6) is 6.52. The third-order valence-electron chi connectivity index (χ3n) is 4.22. The van der Waals surface area contributed by atoms with Gasteiger partial charge in [-0.25, -0.2) is 0 Å². The fourth-order valence-electron chi connectivity index (χ4n) is 3.05. The lowest BCUT2D eigenvalue weighted by Crippen LogP contribution is -2.25. The van der Waals surface area contributed by atoms with Crippen molar-refractivity contribution in [3.8, 4) is 11.8 Å². The summed E-state index contributed by atoms with van der Waals surface area (Å²) in [5, 5.41) is 1.31. The van der Waals surface area contributed by atoms with Crippen molar-refractivity contribution in [1.29, 1.82) is 0 Å². The quantitative estimate of drug-likeness (QED) is 0.645. The Morgan fingerprint density at radius 1 is 1.14 bits per heavy atom. The molecule has 0 fully saturated rings. The molecule has 22 heavy (non-hydrogen) atoms. The Labute approximate surface area is 130 Å². The van der Waals surface area contributed by atoms with Gasteiger partial charge in [0.25, 0.3) is 0 Å². The van der Waals surface area contributed by atoms with Crippen LogP contribution in [0.15, 0.2) is 42.7 Å². The van der Waals surface area contributed by atoms with E-state index < -0.39 is 0 Å². The maximum absolute atomic E-state index is 4.02. The first-order valence-corrected chi connectivity index (χ1v) is 7.54. The Hall–Kier alpha value is -2.57. The first-order chi connectivity index (χ1) is 10.8. The summed E-state index contributed by atoms with van der Waals surface area (Å²) in [6.07, 6.45) is 4.62. The van der Waals surface area contributed by atoms with Crippen molar-refractivity contribution in [3.05, 3.63) is 65.1 Å². The highest BCUT2D eigenvalue weighted by atomic mass is 15.1. The molecule has 0 bridgehead atoms. The first-order valence-electron chi connectivity index (χ1n) is 7.54. The van der Waals surface area contributed by atoms with Crippen molar-refractivity contribution < 1.29 is 0 Å². The highest BCUT2D eigenvalue weighted by Crippen LogP contribution is 2.28. The summed E-state index contributed by atoms with van der Waals surface area (Å²) in [7, 11) is 2.18. The average molecular weight is 287 g/mol. The molecule has 1 N–H and O–H groups in total. The molecule has 3 nitrogen and oxygen atoms in total. The predicted molar refractivity (Wildman–Crippen MR) is 88.6 cm³/mol. The van der Waals surface area contributed by atoms with Gasteiger partial charge < -0.3 is 9.88 Å². The molecule has 1 aliphatic heterocycles. The third-order valence-corrected chi connectivity index (χ3v) is 4.22. The molecule has 0 radical (unpaired) electrons. The molecule has 3 heterocycles. The van der Waals surface area contributed by atoms with Gasteiger partial charge in [-0.3, -0.25) is 4.98 Å². The number of hydrogen-bond donors (Lipinski definition) is 1. The molecule has 1 aromatic carbocycles. The number of para-hydroxylation sites is 1. The van der Waals surface area contributed by atoms with Crippen LogP contribution in [0.4, 0.5) is 0 Å². The van der Waals surface area contributed by atoms with Gasteiger partial charge in [0.15, 0.2) is 0 Å². The number of benzene rings is 1. The molecule has 3 heteroatoms. The molecule has 0 unspecified atom stereocenters. The van der Waals surface area contributed by atoms with Crippen LogP contribution in [0.1, 0.15) is 22.4 Å². The number of hydrogen-bond acceptors (Lipinski definition) is 2. The summed E-state index contributed by atoms with van der Waals surface area (Å²) in [4.78, 5) is 9.99. The Kier molecular flexibility index (Phi) is 3.17. The minimum Gasteiger partial charge on any atom is -0.357 e. The molecular weight excluding hydrogens is 270 g/mol. The van der Waals surface area contributed by atoms with Crippen molar-refractivity contribution in [2.24, 2.45) is 0 Å². The van der Waals surface area contributed by atoms with E-state index in [0.29, 0.717) is 0 Å². The average Bonchev–Trinajstić information content (AvgIpc) is 2.92. The number of H-pyrrole nitrogens is 1. The van der Waals surface area contributed by atoms with Gasteiger partial charge in [-0.15, -0.1) is 0 Å². The fourth-order valence-corrected chi connectivity index (χ4v) is 3.05. The molecule has 1 aliphatic rings. The van der Waals surface area contributed by atoms with Crippen LogP contribution in [0, 0.1) is 11.8 Å². The topological polar surface area (TPSA) is 31.9 Å². The number of pyridine rings is 1. The lowest BCUT2D eigenvalue weighted by Gasteiger charge is -2.22. The van der Waals surface area contributed by atoms with E-state index in [9.17, 15) is 0 Å². The molecule has 0 atom stereocenters. The van der Waals surface area contributed by atoms with Crippen LogP contribution in [0.25, 0.3) is 10.9 Å². The van der Waals surface area contributed by atoms with Crippen LogP contribution in [-0.2, 0) is 13.0 Å². The highest BCUT2D eigenvalue weighted by Gasteiger charge is 2.18. The number of aromatic nitrogens is 2. The Morgan fingerprint density at radius 2 is 2.00 bits per heavy atom. The van der Waals surface area contributed by atoms with Crippen LogP contribution in [0.2, 0.25) is 0 Å². The lowest BCUT2D eigenvalue weighted by atomic mass is 10.0. The van der Waals surface area contributed by atoms with Crippen molar-refractivity contribution in [2.45, 2.75) is 13.0 Å². The summed E-state index contributed by atoms with van der Waals surface area (Å²) in [6, 6.07) is 10.2. The maximum Gasteiger partial charge on any atom is 0.0618 e. The van der Waals surface area contributed by atoms with E-state index in [1.807, 2.05) is 12.1 Å². The minimum absolute atomic E-state index is 0.989. The highest BCUT2D eigenvalue weighted by molar-refractivity contribution is 5.89. The van der Waals surface area contributed by atoms with E-state index in [1.165, 1.54) is 22.2 Å². The second-order valence-electron chi connectivity index (χ2n) is 5.78. The lowest BCUT2D eigenvalue weighted by molar-refractivity contribution is 0.313. The summed E-state index contributed by atoms with van der Waals surface area (Å²) in [6.45, 7) is 2.12. The standard InChI is InChI=1S/C19H17N3/c1-22-12-9-18-17(13-22)16-4-2-3-15(19(16)21-18)6-5-14-7-10-20-11-8-14/h2-4,7-8,10-11,21H,9,12-13H2,1H3. The van der Waals surface area contributed by atoms with Crippen LogP contribution in [0.3, 0.4) is 0 Å². The first kappa shape index (κ1) is 13.1. The largest absolute Gasteiger partial charge is 0.357 e. The molecule has 0 saturated heterocycles. The molecule has 4 rings (SSSR count). The van der Waals surface area contributed by atoms with E-state index in [1.54, 1.807) is 12.4 Å². The van der Waals surface area contributed by atoms with Crippen LogP contribution in [0.5, 0.6) is 0 Å². The second kappa shape index (κ2) is 5.32. The van der Waals surface area contributed by atoms with Crippen molar-refractivity contribution >= 4 is 10.9 Å². The van der Waals surface area contributed by atoms with Gasteiger partial charge in [0, 0.05) is 54.1 Å². The number of likely N-dealkylation sites (N-methyl/N-ethyl adjacent to an activating group) is 1. The second-order valence-corrected chi connectivity index (χ2v) is 5.78. The summed E-state index contributed by atoms with van der Waals surface area (Å²) < 4.78 is 0. The zero-order valence-electron chi connectivity index (χ0n) is 12.6. The Balaban J connectivity index is 1.81. The van der Waals surface area contributed by atoms with E-state index in [0.717, 1.165) is 30.6 Å². The summed E-state index contributed by atoms with van der Waals surface area (Å²) in [5.41, 5.74) is 6.02. The molecule has 0 amide bonds. The molecule has 0 aliphatic carbocycles. The fraction of sp³-hybridized carbons (Fsp3) is 0.211. The molecular formula is C19H17N3. The van der Waals surface area contributed by atoms with E-state index >= 15 is 0 Å². The third kappa shape index (κ3) is 2.28. The van der Waals surface area contributed by atoms with Gasteiger partial charge in [-0.1, -0.05) is 24.0 Å². The molecule has 3 aromatic rings. The van der Waals surface area contributed by atoms with Gasteiger partial charge in [0.1, 0.15) is 0 Å². The smallest absolute Gasteiger partial charge is 0.0618 e. The number of aromatic amines is 1. The molecule has 0 saturated carbocycles. The van der Waals surface area contributed by atoms with Gasteiger partial charge in [0.05, 0.1) is 5.52 Å². The summed E-state index contributed by atoms with van der Waals surface area (Å²) >= 11 is 0. The monoisotopic (exact) mass is 287 g/mol. The number of nitrogens with zero attached hydrogens (tertiary/aromatic N) is 2. The number of rotatable bonds is 0. The molecule has 2 aromatic heterocycles. The van der Waals surface area contributed by atoms with Crippen molar-refractivity contribution in [1.82, 2.24) is 14.9 Å². The number of nitrogens with one attached hydrogen (secondary N) is 1. The number of fused-ring (bicyclic) bond motifs is 3. The van der Waals surface area contributed by atoms with Gasteiger partial charge in [-0.05, 0) is 30.8 Å². The van der Waals surface area contributed by atoms with Crippen molar-refractivity contribution in [3.63, 3.8) is 0 Å². The normalized spacial score (nSPS) is 14.4. The van der Waals surface area contributed by atoms with Crippen LogP contribution >= 0.6 is 0 Å². The van der Waals surface area contributed by atoms with Crippen LogP contribution in [-0.4, -0.2) is 28.5 Å². The molecule has 108 valence electrons. The molecule has 0 spiro atoms.